The van der Waals surface area contributed by atoms with Crippen LogP contribution in [0.25, 0.3) is 0 Å². The van der Waals surface area contributed by atoms with Crippen molar-refractivity contribution in [2.75, 3.05) is 12.4 Å². The number of alkyl halides is 1. The van der Waals surface area contributed by atoms with E-state index < -0.39 is 42.2 Å². The van der Waals surface area contributed by atoms with Crippen molar-refractivity contribution < 1.29 is 37.7 Å². The standard InChI is InChI=1S/C30H34F2N2O6/c1-39-24-14-23(32)25(40-21-9-7-17(8-10-21)30(37)38)13-22(24)28(35)34-27-19-6-5-18(12-19)26(27)29(36)33-20-4-2-3-16(11-20)15-31/h2-4,11,13-14,17-19,21,26-27H,5-10,12,15H2,1H3,(H,33,36)(H,34,35)(H,37,38). The van der Waals surface area contributed by atoms with Crippen LogP contribution in [0.1, 0.15) is 60.9 Å². The number of aliphatic carboxylic acids is 1. The minimum Gasteiger partial charge on any atom is -0.496 e. The van der Waals surface area contributed by atoms with Gasteiger partial charge in [0.2, 0.25) is 5.91 Å². The minimum atomic E-state index is -0.839. The molecule has 5 rings (SSSR count). The van der Waals surface area contributed by atoms with Gasteiger partial charge in [-0.3, -0.25) is 14.4 Å². The number of fused-ring (bicyclic) bond motifs is 2. The molecule has 2 bridgehead atoms. The van der Waals surface area contributed by atoms with Gasteiger partial charge in [-0.1, -0.05) is 12.1 Å². The van der Waals surface area contributed by atoms with Crippen molar-refractivity contribution >= 4 is 23.5 Å². The average molecular weight is 557 g/mol. The topological polar surface area (TPSA) is 114 Å². The van der Waals surface area contributed by atoms with Crippen molar-refractivity contribution in [1.29, 1.82) is 0 Å². The van der Waals surface area contributed by atoms with Crippen molar-refractivity contribution in [2.24, 2.45) is 23.7 Å². The second-order valence-corrected chi connectivity index (χ2v) is 11.1. The second kappa shape index (κ2) is 11.8. The summed E-state index contributed by atoms with van der Waals surface area (Å²) >= 11 is 0. The molecule has 0 saturated heterocycles. The Hall–Kier alpha value is -3.69. The van der Waals surface area contributed by atoms with Gasteiger partial charge < -0.3 is 25.2 Å². The van der Waals surface area contributed by atoms with Crippen molar-refractivity contribution in [3.8, 4) is 11.5 Å². The molecule has 0 radical (unpaired) electrons. The first-order valence-electron chi connectivity index (χ1n) is 13.8. The lowest BCUT2D eigenvalue weighted by Gasteiger charge is -2.31. The van der Waals surface area contributed by atoms with Gasteiger partial charge in [-0.2, -0.15) is 0 Å². The molecule has 0 spiro atoms. The van der Waals surface area contributed by atoms with Crippen LogP contribution in [-0.4, -0.2) is 42.1 Å². The number of carboxylic acids is 1. The van der Waals surface area contributed by atoms with Crippen LogP contribution in [0.15, 0.2) is 36.4 Å². The van der Waals surface area contributed by atoms with E-state index in [0.29, 0.717) is 36.9 Å². The quantitative estimate of drug-likeness (QED) is 0.396. The Balaban J connectivity index is 1.31. The summed E-state index contributed by atoms with van der Waals surface area (Å²) in [6.07, 6.45) is 4.07. The van der Waals surface area contributed by atoms with Crippen LogP contribution in [0, 0.1) is 29.5 Å². The summed E-state index contributed by atoms with van der Waals surface area (Å²) in [4.78, 5) is 38.1. The molecule has 40 heavy (non-hydrogen) atoms. The first-order chi connectivity index (χ1) is 19.3. The highest BCUT2D eigenvalue weighted by Crippen LogP contribution is 2.49. The summed E-state index contributed by atoms with van der Waals surface area (Å²) in [5.74, 6) is -2.92. The monoisotopic (exact) mass is 556 g/mol. The first kappa shape index (κ1) is 27.9. The molecule has 0 aliphatic heterocycles. The molecule has 2 aromatic rings. The van der Waals surface area contributed by atoms with Gasteiger partial charge in [-0.05, 0) is 80.5 Å². The highest BCUT2D eigenvalue weighted by atomic mass is 19.1. The van der Waals surface area contributed by atoms with Crippen LogP contribution >= 0.6 is 0 Å². The number of hydrogen-bond donors (Lipinski definition) is 3. The van der Waals surface area contributed by atoms with E-state index in [4.69, 9.17) is 9.47 Å². The van der Waals surface area contributed by atoms with Gasteiger partial charge in [0.15, 0.2) is 11.6 Å². The molecule has 3 fully saturated rings. The fourth-order valence-electron chi connectivity index (χ4n) is 6.64. The van der Waals surface area contributed by atoms with Gasteiger partial charge >= 0.3 is 5.97 Å². The number of benzene rings is 2. The number of methoxy groups -OCH3 is 1. The largest absolute Gasteiger partial charge is 0.496 e. The van der Waals surface area contributed by atoms with Crippen LogP contribution in [0.2, 0.25) is 0 Å². The van der Waals surface area contributed by atoms with Crippen LogP contribution < -0.4 is 20.1 Å². The third kappa shape index (κ3) is 5.76. The number of nitrogens with one attached hydrogen (secondary N) is 2. The minimum absolute atomic E-state index is 0.0455. The maximum absolute atomic E-state index is 14.9. The number of halogens is 2. The van der Waals surface area contributed by atoms with Crippen LogP contribution in [0.4, 0.5) is 14.5 Å². The van der Waals surface area contributed by atoms with Crippen molar-refractivity contribution in [1.82, 2.24) is 5.32 Å². The summed E-state index contributed by atoms with van der Waals surface area (Å²) in [6.45, 7) is -0.634. The molecule has 4 atom stereocenters. The molecule has 3 aliphatic rings. The second-order valence-electron chi connectivity index (χ2n) is 11.1. The number of hydrogen-bond acceptors (Lipinski definition) is 5. The molecule has 8 nitrogen and oxygen atoms in total. The van der Waals surface area contributed by atoms with Gasteiger partial charge in [0.05, 0.1) is 30.6 Å². The van der Waals surface area contributed by atoms with E-state index in [0.717, 1.165) is 25.3 Å². The first-order valence-corrected chi connectivity index (χ1v) is 13.8. The van der Waals surface area contributed by atoms with Crippen molar-refractivity contribution in [3.63, 3.8) is 0 Å². The lowest BCUT2D eigenvalue weighted by molar-refractivity contribution is -0.143. The smallest absolute Gasteiger partial charge is 0.306 e. The SMILES string of the molecule is COc1cc(F)c(OC2CCC(C(=O)O)CC2)cc1C(=O)NC1C2CCC(C2)C1C(=O)Nc1cccc(CF)c1. The maximum atomic E-state index is 14.9. The molecule has 0 aromatic heterocycles. The van der Waals surface area contributed by atoms with E-state index in [1.807, 2.05) is 0 Å². The highest BCUT2D eigenvalue weighted by molar-refractivity contribution is 5.99. The molecule has 4 unspecified atom stereocenters. The van der Waals surface area contributed by atoms with E-state index in [9.17, 15) is 28.3 Å². The zero-order chi connectivity index (χ0) is 28.4. The molecule has 2 amide bonds. The predicted molar refractivity (Wildman–Crippen MR) is 142 cm³/mol. The Kier molecular flexibility index (Phi) is 8.23. The summed E-state index contributed by atoms with van der Waals surface area (Å²) in [7, 11) is 1.35. The van der Waals surface area contributed by atoms with Gasteiger partial charge in [-0.15, -0.1) is 0 Å². The highest BCUT2D eigenvalue weighted by Gasteiger charge is 2.51. The zero-order valence-electron chi connectivity index (χ0n) is 22.3. The Labute approximate surface area is 231 Å². The molecule has 3 saturated carbocycles. The van der Waals surface area contributed by atoms with E-state index in [1.165, 1.54) is 13.2 Å². The Morgan fingerprint density at radius 3 is 2.45 bits per heavy atom. The third-order valence-electron chi connectivity index (χ3n) is 8.68. The van der Waals surface area contributed by atoms with Crippen molar-refractivity contribution in [2.45, 2.75) is 63.8 Å². The van der Waals surface area contributed by atoms with Crippen LogP contribution in [0.5, 0.6) is 11.5 Å². The van der Waals surface area contributed by atoms with Crippen LogP contribution in [0.3, 0.4) is 0 Å². The number of ether oxygens (including phenoxy) is 2. The molecule has 0 heterocycles. The molecule has 214 valence electrons. The van der Waals surface area contributed by atoms with Gasteiger partial charge in [0, 0.05) is 17.8 Å². The van der Waals surface area contributed by atoms with E-state index in [2.05, 4.69) is 10.6 Å². The van der Waals surface area contributed by atoms with Gasteiger partial charge in [-0.25, -0.2) is 8.78 Å². The fourth-order valence-corrected chi connectivity index (χ4v) is 6.64. The number of carbonyl (C=O) groups is 3. The zero-order valence-corrected chi connectivity index (χ0v) is 22.3. The third-order valence-corrected chi connectivity index (χ3v) is 8.68. The number of rotatable bonds is 9. The normalized spacial score (nSPS) is 27.2. The number of carbonyl (C=O) groups excluding carboxylic acids is 2. The van der Waals surface area contributed by atoms with Crippen molar-refractivity contribution in [3.05, 3.63) is 53.3 Å². The predicted octanol–water partition coefficient (Wildman–Crippen LogP) is 5.11. The molecule has 3 aliphatic carbocycles. The number of anilines is 1. The van der Waals surface area contributed by atoms with E-state index in [1.54, 1.807) is 24.3 Å². The Morgan fingerprint density at radius 2 is 1.75 bits per heavy atom. The van der Waals surface area contributed by atoms with Gasteiger partial charge in [0.25, 0.3) is 5.91 Å². The molecule has 10 heteroatoms. The molecular weight excluding hydrogens is 522 g/mol. The fraction of sp³-hybridized carbons (Fsp3) is 0.500. The molecule has 2 aromatic carbocycles. The number of amides is 2. The molecule has 3 N–H and O–H groups in total. The summed E-state index contributed by atoms with van der Waals surface area (Å²) in [5, 5.41) is 15.1. The summed E-state index contributed by atoms with van der Waals surface area (Å²) < 4.78 is 39.2. The van der Waals surface area contributed by atoms with E-state index in [-0.39, 0.29) is 40.9 Å². The Morgan fingerprint density at radius 1 is 1.00 bits per heavy atom. The number of carboxylic acid groups (broad SMARTS) is 1. The average Bonchev–Trinajstić information content (AvgIpc) is 3.56. The van der Waals surface area contributed by atoms with E-state index >= 15 is 0 Å². The Bertz CT molecular complexity index is 1280. The van der Waals surface area contributed by atoms with Gasteiger partial charge in [0.1, 0.15) is 12.4 Å². The lowest BCUT2D eigenvalue weighted by Crippen LogP contribution is -2.48. The van der Waals surface area contributed by atoms with Crippen LogP contribution in [-0.2, 0) is 16.3 Å². The summed E-state index contributed by atoms with van der Waals surface area (Å²) in [5.41, 5.74) is 1.06. The molecular formula is C30H34F2N2O6. The maximum Gasteiger partial charge on any atom is 0.306 e. The lowest BCUT2D eigenvalue weighted by atomic mass is 9.83. The summed E-state index contributed by atoms with van der Waals surface area (Å²) in [6, 6.07) is 8.64.